The van der Waals surface area contributed by atoms with Crippen LogP contribution in [0.25, 0.3) is 11.1 Å². The first-order valence-corrected chi connectivity index (χ1v) is 20.1. The van der Waals surface area contributed by atoms with Crippen LogP contribution in [0.2, 0.25) is 0 Å². The van der Waals surface area contributed by atoms with Gasteiger partial charge in [-0.25, -0.2) is 9.29 Å². The minimum Gasteiger partial charge on any atom is -0.378 e. The predicted octanol–water partition coefficient (Wildman–Crippen LogP) is 5.82. The van der Waals surface area contributed by atoms with E-state index in [1.165, 1.54) is 22.1 Å². The summed E-state index contributed by atoms with van der Waals surface area (Å²) in [6, 6.07) is 19.8. The zero-order valence-electron chi connectivity index (χ0n) is 32.5. The molecule has 5 heterocycles. The minimum absolute atomic E-state index is 0.0282. The average Bonchev–Trinajstić information content (AvgIpc) is 3.86. The van der Waals surface area contributed by atoms with E-state index in [1.807, 2.05) is 18.7 Å². The van der Waals surface area contributed by atoms with Crippen LogP contribution in [0.5, 0.6) is 0 Å². The van der Waals surface area contributed by atoms with E-state index in [4.69, 9.17) is 4.52 Å². The molecule has 5 aliphatic rings. The molecule has 4 N–H and O–H groups in total. The fourth-order valence-corrected chi connectivity index (χ4v) is 9.71. The number of carbonyl (C=O) groups is 2. The third-order valence-corrected chi connectivity index (χ3v) is 13.2. The number of aliphatic hydroxyl groups excluding tert-OH is 2. The third kappa shape index (κ3) is 6.58. The number of aromatic nitrogens is 1. The number of aryl methyl sites for hydroxylation is 3. The highest BCUT2D eigenvalue weighted by atomic mass is 19.1. The van der Waals surface area contributed by atoms with Gasteiger partial charge in [-0.2, -0.15) is 5.26 Å². The van der Waals surface area contributed by atoms with Crippen LogP contribution in [0, 0.1) is 43.8 Å². The van der Waals surface area contributed by atoms with Crippen LogP contribution in [0.3, 0.4) is 0 Å². The second-order valence-corrected chi connectivity index (χ2v) is 16.7. The molecule has 0 radical (unpaired) electrons. The molecule has 2 amide bonds. The minimum atomic E-state index is -1.37. The van der Waals surface area contributed by atoms with Crippen LogP contribution in [0.15, 0.2) is 59.1 Å². The van der Waals surface area contributed by atoms with E-state index in [-0.39, 0.29) is 29.9 Å². The lowest BCUT2D eigenvalue weighted by Gasteiger charge is -2.50. The van der Waals surface area contributed by atoms with E-state index in [0.29, 0.717) is 36.3 Å². The molecule has 1 saturated carbocycles. The van der Waals surface area contributed by atoms with E-state index >= 15 is 4.39 Å². The van der Waals surface area contributed by atoms with Gasteiger partial charge in [-0.15, -0.1) is 0 Å². The maximum absolute atomic E-state index is 15.7. The van der Waals surface area contributed by atoms with E-state index < -0.39 is 36.1 Å². The topological polar surface area (TPSA) is 158 Å². The number of nitriles is 1. The summed E-state index contributed by atoms with van der Waals surface area (Å²) in [4.78, 5) is 30.1. The molecule has 1 aliphatic carbocycles. The average molecular weight is 774 g/mol. The highest BCUT2D eigenvalue weighted by Crippen LogP contribution is 2.48. The smallest absolute Gasteiger partial charge is 0.244 e. The number of piperidine rings is 2. The molecule has 9 rings (SSSR count). The molecular weight excluding hydrogens is 726 g/mol. The summed E-state index contributed by atoms with van der Waals surface area (Å²) in [5, 5.41) is 42.4. The number of hydrogen-bond acceptors (Lipinski definition) is 11. The van der Waals surface area contributed by atoms with Gasteiger partial charge >= 0.3 is 0 Å². The first-order valence-electron chi connectivity index (χ1n) is 20.1. The molecule has 4 aromatic rings. The number of anilines is 2. The molecule has 296 valence electrons. The lowest BCUT2D eigenvalue weighted by molar-refractivity contribution is -0.154. The van der Waals surface area contributed by atoms with Crippen LogP contribution in [-0.4, -0.2) is 75.2 Å². The Kier molecular flexibility index (Phi) is 9.43. The Morgan fingerprint density at radius 1 is 0.982 bits per heavy atom. The number of fused-ring (bicyclic) bond motifs is 1. The number of hydrogen-bond donors (Lipinski definition) is 4. The molecule has 3 saturated heterocycles. The van der Waals surface area contributed by atoms with Gasteiger partial charge in [0.2, 0.25) is 11.8 Å². The Labute approximate surface area is 331 Å². The van der Waals surface area contributed by atoms with Gasteiger partial charge in [-0.3, -0.25) is 19.8 Å². The maximum Gasteiger partial charge on any atom is 0.244 e. The number of nitrogens with one attached hydrogen (secondary N) is 2. The first kappa shape index (κ1) is 37.4. The van der Waals surface area contributed by atoms with Crippen molar-refractivity contribution in [2.75, 3.05) is 36.4 Å². The van der Waals surface area contributed by atoms with Crippen molar-refractivity contribution in [1.29, 1.82) is 5.26 Å². The van der Waals surface area contributed by atoms with Gasteiger partial charge in [0, 0.05) is 66.9 Å². The summed E-state index contributed by atoms with van der Waals surface area (Å²) in [6.45, 7) is 9.14. The molecule has 1 aromatic heterocycles. The second kappa shape index (κ2) is 14.4. The number of likely N-dealkylation sites (tertiary alicyclic amines) is 1. The van der Waals surface area contributed by atoms with Crippen LogP contribution in [-0.2, 0) is 15.0 Å². The van der Waals surface area contributed by atoms with Gasteiger partial charge in [-0.1, -0.05) is 29.4 Å². The van der Waals surface area contributed by atoms with Crippen LogP contribution in [0.1, 0.15) is 96.3 Å². The number of imide groups is 1. The molecule has 13 heteroatoms. The molecule has 0 spiro atoms. The van der Waals surface area contributed by atoms with Gasteiger partial charge in [0.1, 0.15) is 24.0 Å². The molecule has 57 heavy (non-hydrogen) atoms. The van der Waals surface area contributed by atoms with Crippen molar-refractivity contribution in [3.05, 3.63) is 99.7 Å². The number of amides is 2. The van der Waals surface area contributed by atoms with Crippen LogP contribution >= 0.6 is 0 Å². The lowest BCUT2D eigenvalue weighted by Crippen LogP contribution is -2.57. The Hall–Kier alpha value is -5.13. The molecule has 4 fully saturated rings. The fraction of sp³-hybridized carbons (Fsp3) is 0.455. The number of aliphatic hydroxyl groups is 2. The summed E-state index contributed by atoms with van der Waals surface area (Å²) < 4.78 is 21.2. The fourth-order valence-electron chi connectivity index (χ4n) is 9.71. The monoisotopic (exact) mass is 773 g/mol. The summed E-state index contributed by atoms with van der Waals surface area (Å²) >= 11 is 0. The van der Waals surface area contributed by atoms with Crippen molar-refractivity contribution in [2.24, 2.45) is 5.92 Å². The molecular formula is C44H48FN7O5. The maximum atomic E-state index is 15.7. The molecule has 4 atom stereocenters. The molecule has 0 bridgehead atoms. The first-order chi connectivity index (χ1) is 27.4. The normalized spacial score (nSPS) is 24.4. The van der Waals surface area contributed by atoms with Gasteiger partial charge < -0.3 is 25.0 Å². The van der Waals surface area contributed by atoms with E-state index in [2.05, 4.69) is 76.1 Å². The summed E-state index contributed by atoms with van der Waals surface area (Å²) in [5.74, 6) is -0.336. The van der Waals surface area contributed by atoms with E-state index in [1.54, 1.807) is 6.07 Å². The Morgan fingerprint density at radius 2 is 1.68 bits per heavy atom. The molecule has 4 unspecified atom stereocenters. The van der Waals surface area contributed by atoms with Gasteiger partial charge in [0.05, 0.1) is 34.9 Å². The molecule has 12 nitrogen and oxygen atoms in total. The van der Waals surface area contributed by atoms with Crippen molar-refractivity contribution >= 4 is 23.2 Å². The second-order valence-electron chi connectivity index (χ2n) is 16.7. The van der Waals surface area contributed by atoms with Crippen molar-refractivity contribution in [1.82, 2.24) is 20.3 Å². The van der Waals surface area contributed by atoms with Crippen LogP contribution < -0.4 is 15.5 Å². The zero-order chi connectivity index (χ0) is 39.7. The van der Waals surface area contributed by atoms with Crippen molar-refractivity contribution in [3.63, 3.8) is 0 Å². The van der Waals surface area contributed by atoms with Gasteiger partial charge in [-0.05, 0) is 105 Å². The number of nitrogens with zero attached hydrogens (tertiary/aromatic N) is 5. The largest absolute Gasteiger partial charge is 0.378 e. The molecule has 3 aromatic carbocycles. The number of rotatable bonds is 9. The van der Waals surface area contributed by atoms with Gasteiger partial charge in [0.25, 0.3) is 0 Å². The van der Waals surface area contributed by atoms with Crippen molar-refractivity contribution in [3.8, 4) is 17.2 Å². The quantitative estimate of drug-likeness (QED) is 0.152. The summed E-state index contributed by atoms with van der Waals surface area (Å²) in [5.41, 5.74) is 8.10. The standard InChI is InChI=1S/C44H48FN7O5/c1-24-4-5-27(39-25(2)49-57-26(39)3)18-32(24)40(47-30-8-6-29(7-9-30)44(23-46)14-15-44)28-21-51(22-28)31-12-16-50(17-13-31)37-20-34-33(19-35(37)45)42(55)52(43(34)56)36-10-11-38(53)48-41(36)54/h4-9,18-20,28,31,36,40,42-43,47,55-56H,10-17,21-22H2,1-3H3,(H,48,53,54). The zero-order valence-corrected chi connectivity index (χ0v) is 32.5. The highest BCUT2D eigenvalue weighted by molar-refractivity contribution is 6.00. The number of benzene rings is 3. The number of carbonyl (C=O) groups excluding carboxylic acids is 2. The lowest BCUT2D eigenvalue weighted by atomic mass is 9.82. The summed E-state index contributed by atoms with van der Waals surface area (Å²) in [7, 11) is 0. The van der Waals surface area contributed by atoms with Gasteiger partial charge in [0.15, 0.2) is 0 Å². The predicted molar refractivity (Wildman–Crippen MR) is 210 cm³/mol. The number of halogens is 1. The van der Waals surface area contributed by atoms with Crippen molar-refractivity contribution < 1.29 is 28.7 Å². The van der Waals surface area contributed by atoms with E-state index in [9.17, 15) is 25.1 Å². The Bertz CT molecular complexity index is 2250. The van der Waals surface area contributed by atoms with E-state index in [0.717, 1.165) is 72.6 Å². The summed E-state index contributed by atoms with van der Waals surface area (Å²) in [6.07, 6.45) is 1.08. The SMILES string of the molecule is Cc1ccc(-c2c(C)noc2C)cc1C(Nc1ccc(C2(C#N)CC2)cc1)C1CN(C2CCN(c3cc4c(cc3F)C(O)N(C3CCC(=O)NC3=O)C4O)CC2)C1. The van der Waals surface area contributed by atoms with Crippen LogP contribution in [0.4, 0.5) is 15.8 Å². The Morgan fingerprint density at radius 3 is 2.32 bits per heavy atom. The molecule has 4 aliphatic heterocycles. The third-order valence-electron chi connectivity index (χ3n) is 13.2. The Balaban J connectivity index is 0.895. The highest BCUT2D eigenvalue weighted by Gasteiger charge is 2.47. The van der Waals surface area contributed by atoms with Crippen molar-refractivity contribution in [2.45, 2.75) is 95.3 Å².